The maximum atomic E-state index is 13.4. The fourth-order valence-electron chi connectivity index (χ4n) is 3.04. The van der Waals surface area contributed by atoms with Crippen molar-refractivity contribution in [1.82, 2.24) is 10.3 Å². The summed E-state index contributed by atoms with van der Waals surface area (Å²) in [5.74, 6) is 0.730. The predicted octanol–water partition coefficient (Wildman–Crippen LogP) is 3.25. The molecule has 0 fully saturated rings. The molecular weight excluding hydrogens is 462 g/mol. The lowest BCUT2D eigenvalue weighted by atomic mass is 10.2. The minimum atomic E-state index is -3.95. The number of carbonyl (C=O) groups excluding carboxylic acids is 1. The van der Waals surface area contributed by atoms with Crippen molar-refractivity contribution in [2.75, 3.05) is 38.4 Å². The number of ether oxygens (including phenoxy) is 2. The normalized spacial score (nSPS) is 11.0. The van der Waals surface area contributed by atoms with Gasteiger partial charge in [0.2, 0.25) is 15.7 Å². The molecule has 2 aromatic carbocycles. The highest BCUT2D eigenvalue weighted by molar-refractivity contribution is 7.99. The third kappa shape index (κ3) is 6.17. The van der Waals surface area contributed by atoms with Crippen LogP contribution in [0.5, 0.6) is 11.5 Å². The summed E-state index contributed by atoms with van der Waals surface area (Å²) in [7, 11) is -1.15. The summed E-state index contributed by atoms with van der Waals surface area (Å²) in [5.41, 5.74) is 0.245. The average Bonchev–Trinajstić information content (AvgIpc) is 2.85. The van der Waals surface area contributed by atoms with Gasteiger partial charge in [0, 0.05) is 18.5 Å². The number of hydrogen-bond donors (Lipinski definition) is 2. The van der Waals surface area contributed by atoms with E-state index in [2.05, 4.69) is 15.6 Å². The molecule has 3 aromatic rings. The molecule has 3 rings (SSSR count). The van der Waals surface area contributed by atoms with Crippen LogP contribution in [-0.2, 0) is 14.6 Å². The summed E-state index contributed by atoms with van der Waals surface area (Å²) < 4.78 is 37.5. The van der Waals surface area contributed by atoms with Gasteiger partial charge in [-0.1, -0.05) is 24.3 Å². The Morgan fingerprint density at radius 3 is 2.42 bits per heavy atom. The number of methoxy groups -OCH3 is 2. The molecule has 10 heteroatoms. The molecule has 0 aliphatic rings. The lowest BCUT2D eigenvalue weighted by molar-refractivity contribution is -0.119. The summed E-state index contributed by atoms with van der Waals surface area (Å²) in [5, 5.41) is 6.62. The summed E-state index contributed by atoms with van der Waals surface area (Å²) in [6, 6.07) is 16.8. The molecule has 1 aromatic heterocycles. The second-order valence-electron chi connectivity index (χ2n) is 6.71. The second kappa shape index (κ2) is 11.6. The molecule has 0 saturated carbocycles. The number of pyridine rings is 1. The maximum Gasteiger partial charge on any atom is 0.239 e. The monoisotopic (exact) mass is 487 g/mol. The number of benzene rings is 2. The van der Waals surface area contributed by atoms with Gasteiger partial charge in [0.1, 0.15) is 4.90 Å². The molecule has 0 spiro atoms. The molecule has 1 heterocycles. The molecule has 0 saturated heterocycles. The number of nitrogens with zero attached hydrogens (tertiary/aromatic N) is 1. The molecule has 0 aliphatic carbocycles. The summed E-state index contributed by atoms with van der Waals surface area (Å²) >= 11 is 1.53. The van der Waals surface area contributed by atoms with Crippen molar-refractivity contribution >= 4 is 33.2 Å². The van der Waals surface area contributed by atoms with E-state index < -0.39 is 9.84 Å². The van der Waals surface area contributed by atoms with Crippen LogP contribution in [0, 0.1) is 0 Å². The number of rotatable bonds is 11. The van der Waals surface area contributed by atoms with Gasteiger partial charge in [-0.15, -0.1) is 11.8 Å². The first-order valence-corrected chi connectivity index (χ1v) is 12.5. The molecule has 174 valence electrons. The van der Waals surface area contributed by atoms with Crippen LogP contribution in [0.25, 0.3) is 0 Å². The fourth-order valence-corrected chi connectivity index (χ4v) is 5.37. The van der Waals surface area contributed by atoms with Gasteiger partial charge < -0.3 is 20.1 Å². The van der Waals surface area contributed by atoms with Crippen molar-refractivity contribution in [3.8, 4) is 11.5 Å². The molecule has 33 heavy (non-hydrogen) atoms. The Morgan fingerprint density at radius 1 is 1.00 bits per heavy atom. The van der Waals surface area contributed by atoms with Gasteiger partial charge in [0.15, 0.2) is 11.5 Å². The van der Waals surface area contributed by atoms with Crippen molar-refractivity contribution in [3.63, 3.8) is 0 Å². The molecule has 0 bridgehead atoms. The molecule has 0 atom stereocenters. The van der Waals surface area contributed by atoms with Gasteiger partial charge in [0.05, 0.1) is 36.4 Å². The SMILES string of the molecule is COc1ccc(NCC(=O)NCCSc2ccccn2)c(S(=O)(=O)c2ccccc2)c1OC. The van der Waals surface area contributed by atoms with Crippen molar-refractivity contribution in [3.05, 3.63) is 66.9 Å². The highest BCUT2D eigenvalue weighted by Gasteiger charge is 2.28. The largest absolute Gasteiger partial charge is 0.493 e. The summed E-state index contributed by atoms with van der Waals surface area (Å²) in [4.78, 5) is 16.6. The van der Waals surface area contributed by atoms with Crippen molar-refractivity contribution < 1.29 is 22.7 Å². The number of thioether (sulfide) groups is 1. The molecule has 8 nitrogen and oxygen atoms in total. The Bertz CT molecular complexity index is 1170. The summed E-state index contributed by atoms with van der Waals surface area (Å²) in [6.07, 6.45) is 1.72. The van der Waals surface area contributed by atoms with Crippen LogP contribution in [0.3, 0.4) is 0 Å². The number of nitrogens with one attached hydrogen (secondary N) is 2. The van der Waals surface area contributed by atoms with Crippen LogP contribution in [0.15, 0.2) is 81.7 Å². The zero-order valence-electron chi connectivity index (χ0n) is 18.3. The van der Waals surface area contributed by atoms with Crippen LogP contribution in [-0.4, -0.2) is 52.4 Å². The molecule has 0 radical (unpaired) electrons. The third-order valence-corrected chi connectivity index (χ3v) is 7.35. The Hall–Kier alpha value is -3.24. The van der Waals surface area contributed by atoms with Gasteiger partial charge in [-0.2, -0.15) is 0 Å². The van der Waals surface area contributed by atoms with E-state index in [4.69, 9.17) is 9.47 Å². The van der Waals surface area contributed by atoms with E-state index >= 15 is 0 Å². The van der Waals surface area contributed by atoms with E-state index in [1.807, 2.05) is 18.2 Å². The highest BCUT2D eigenvalue weighted by atomic mass is 32.2. The Kier molecular flexibility index (Phi) is 8.56. The summed E-state index contributed by atoms with van der Waals surface area (Å²) in [6.45, 7) is 0.337. The van der Waals surface area contributed by atoms with Crippen LogP contribution in [0.2, 0.25) is 0 Å². The molecular formula is C23H25N3O5S2. The van der Waals surface area contributed by atoms with Crippen LogP contribution in [0.4, 0.5) is 5.69 Å². The van der Waals surface area contributed by atoms with E-state index in [1.54, 1.807) is 36.5 Å². The van der Waals surface area contributed by atoms with Crippen LogP contribution in [0.1, 0.15) is 0 Å². The minimum absolute atomic E-state index is 0.0681. The first kappa shape index (κ1) is 24.4. The standard InChI is InChI=1S/C23H25N3O5S2/c1-30-19-12-11-18(23(22(19)31-2)33(28,29)17-8-4-3-5-9-17)26-16-20(27)24-14-15-32-21-10-6-7-13-25-21/h3-13,26H,14-16H2,1-2H3,(H,24,27). The first-order valence-electron chi connectivity index (χ1n) is 10.1. The second-order valence-corrected chi connectivity index (χ2v) is 9.72. The number of sulfone groups is 1. The number of aromatic nitrogens is 1. The van der Waals surface area contributed by atoms with E-state index in [9.17, 15) is 13.2 Å². The lowest BCUT2D eigenvalue weighted by Crippen LogP contribution is -2.31. The topological polar surface area (TPSA) is 107 Å². The number of carbonyl (C=O) groups is 1. The van der Waals surface area contributed by atoms with E-state index in [0.717, 1.165) is 5.03 Å². The Labute approximate surface area is 197 Å². The third-order valence-electron chi connectivity index (χ3n) is 4.57. The van der Waals surface area contributed by atoms with Crippen LogP contribution < -0.4 is 20.1 Å². The Balaban J connectivity index is 1.73. The molecule has 2 N–H and O–H groups in total. The van der Waals surface area contributed by atoms with Crippen molar-refractivity contribution in [2.45, 2.75) is 14.8 Å². The smallest absolute Gasteiger partial charge is 0.239 e. The highest BCUT2D eigenvalue weighted by Crippen LogP contribution is 2.42. The number of anilines is 1. The zero-order valence-corrected chi connectivity index (χ0v) is 19.9. The molecule has 0 aliphatic heterocycles. The van der Waals surface area contributed by atoms with E-state index in [-0.39, 0.29) is 39.4 Å². The van der Waals surface area contributed by atoms with Gasteiger partial charge >= 0.3 is 0 Å². The van der Waals surface area contributed by atoms with Crippen molar-refractivity contribution in [1.29, 1.82) is 0 Å². The number of amides is 1. The van der Waals surface area contributed by atoms with Crippen LogP contribution >= 0.6 is 11.8 Å². The lowest BCUT2D eigenvalue weighted by Gasteiger charge is -2.18. The molecule has 1 amide bonds. The van der Waals surface area contributed by atoms with Gasteiger partial charge in [0.25, 0.3) is 0 Å². The van der Waals surface area contributed by atoms with Gasteiger partial charge in [-0.3, -0.25) is 4.79 Å². The van der Waals surface area contributed by atoms with Gasteiger partial charge in [-0.25, -0.2) is 13.4 Å². The number of hydrogen-bond acceptors (Lipinski definition) is 8. The first-order chi connectivity index (χ1) is 16.0. The Morgan fingerprint density at radius 2 is 1.76 bits per heavy atom. The molecule has 0 unspecified atom stereocenters. The van der Waals surface area contributed by atoms with Gasteiger partial charge in [-0.05, 0) is 36.4 Å². The average molecular weight is 488 g/mol. The zero-order chi connectivity index (χ0) is 23.7. The van der Waals surface area contributed by atoms with Crippen molar-refractivity contribution in [2.24, 2.45) is 0 Å². The van der Waals surface area contributed by atoms with E-state index in [0.29, 0.717) is 12.3 Å². The maximum absolute atomic E-state index is 13.4. The quantitative estimate of drug-likeness (QED) is 0.314. The predicted molar refractivity (Wildman–Crippen MR) is 128 cm³/mol. The fraction of sp³-hybridized carbons (Fsp3) is 0.217. The van der Waals surface area contributed by atoms with E-state index in [1.165, 1.54) is 38.1 Å². The minimum Gasteiger partial charge on any atom is -0.493 e.